The molecule has 2 saturated heterocycles. The molecule has 4 bridgehead atoms. The summed E-state index contributed by atoms with van der Waals surface area (Å²) in [4.78, 5) is 13.6. The zero-order chi connectivity index (χ0) is 31.1. The van der Waals surface area contributed by atoms with Gasteiger partial charge < -0.3 is 29.4 Å². The lowest BCUT2D eigenvalue weighted by Crippen LogP contribution is -2.55. The number of sulfonamides is 1. The van der Waals surface area contributed by atoms with E-state index in [2.05, 4.69) is 5.32 Å². The van der Waals surface area contributed by atoms with Gasteiger partial charge in [0.1, 0.15) is 11.9 Å². The number of amides is 1. The molecule has 10 nitrogen and oxygen atoms in total. The van der Waals surface area contributed by atoms with Gasteiger partial charge in [-0.1, -0.05) is 13.8 Å². The van der Waals surface area contributed by atoms with Crippen molar-refractivity contribution in [3.05, 3.63) is 24.3 Å². The Hall–Kier alpha value is -1.92. The molecule has 4 saturated carbocycles. The van der Waals surface area contributed by atoms with Crippen molar-refractivity contribution in [2.45, 2.75) is 101 Å². The molecule has 1 aromatic carbocycles. The van der Waals surface area contributed by atoms with Crippen LogP contribution in [0, 0.1) is 35.0 Å². The minimum absolute atomic E-state index is 0.00259. The van der Waals surface area contributed by atoms with Gasteiger partial charge in [-0.3, -0.25) is 0 Å². The molecular formula is C33H50N2O8S. The lowest BCUT2D eigenvalue weighted by Gasteiger charge is -2.58. The molecule has 246 valence electrons. The summed E-state index contributed by atoms with van der Waals surface area (Å²) in [5.41, 5.74) is 0.0458. The van der Waals surface area contributed by atoms with E-state index in [1.807, 2.05) is 13.8 Å². The van der Waals surface area contributed by atoms with Crippen molar-refractivity contribution in [2.24, 2.45) is 35.0 Å². The lowest BCUT2D eigenvalue weighted by atomic mass is 9.48. The van der Waals surface area contributed by atoms with E-state index in [0.29, 0.717) is 36.5 Å². The Labute approximate surface area is 262 Å². The summed E-state index contributed by atoms with van der Waals surface area (Å²) in [6.45, 7) is 4.95. The molecule has 1 aromatic rings. The molecule has 5 atom stereocenters. The quantitative estimate of drug-likeness (QED) is 0.343. The van der Waals surface area contributed by atoms with Crippen molar-refractivity contribution < 1.29 is 37.3 Å². The molecule has 2 aliphatic heterocycles. The number of methoxy groups -OCH3 is 1. The first-order valence-corrected chi connectivity index (χ1v) is 18.0. The van der Waals surface area contributed by atoms with E-state index in [4.69, 9.17) is 18.9 Å². The van der Waals surface area contributed by atoms with Crippen molar-refractivity contribution in [1.82, 2.24) is 9.62 Å². The van der Waals surface area contributed by atoms with Gasteiger partial charge in [0.15, 0.2) is 6.29 Å². The van der Waals surface area contributed by atoms with Crippen LogP contribution in [0.5, 0.6) is 5.75 Å². The third-order valence-corrected chi connectivity index (χ3v) is 12.6. The van der Waals surface area contributed by atoms with Gasteiger partial charge in [0.25, 0.3) is 0 Å². The van der Waals surface area contributed by atoms with Gasteiger partial charge in [-0.15, -0.1) is 0 Å². The summed E-state index contributed by atoms with van der Waals surface area (Å²) in [5, 5.41) is 14.9. The normalized spacial score (nSPS) is 34.1. The SMILES string of the molecule is COc1ccc(S(=O)(=O)N(CC(C)C)C[C@@H](O)[C@H](CC23CC4CC(CC(C4)C2)C3)NC(=O)O[C@@H]2CO[C@@H]3OCCC[C@@H]32)cc1. The van der Waals surface area contributed by atoms with Crippen LogP contribution in [-0.2, 0) is 24.2 Å². The average molecular weight is 635 g/mol. The van der Waals surface area contributed by atoms with E-state index in [1.165, 1.54) is 42.8 Å². The molecule has 2 heterocycles. The Kier molecular flexibility index (Phi) is 9.51. The summed E-state index contributed by atoms with van der Waals surface area (Å²) in [7, 11) is -2.38. The van der Waals surface area contributed by atoms with E-state index in [0.717, 1.165) is 32.1 Å². The van der Waals surface area contributed by atoms with E-state index < -0.39 is 34.4 Å². The summed E-state index contributed by atoms with van der Waals surface area (Å²) in [6, 6.07) is 5.66. The van der Waals surface area contributed by atoms with Gasteiger partial charge in [0.2, 0.25) is 10.0 Å². The highest BCUT2D eigenvalue weighted by molar-refractivity contribution is 7.89. The van der Waals surface area contributed by atoms with Crippen molar-refractivity contribution in [2.75, 3.05) is 33.4 Å². The first-order chi connectivity index (χ1) is 21.0. The molecule has 0 unspecified atom stereocenters. The van der Waals surface area contributed by atoms with Crippen LogP contribution in [0.25, 0.3) is 0 Å². The van der Waals surface area contributed by atoms with Crippen molar-refractivity contribution in [3.8, 4) is 5.75 Å². The van der Waals surface area contributed by atoms with Crippen molar-refractivity contribution in [1.29, 1.82) is 0 Å². The number of fused-ring (bicyclic) bond motifs is 1. The largest absolute Gasteiger partial charge is 0.497 e. The molecule has 1 amide bonds. The number of benzene rings is 1. The van der Waals surface area contributed by atoms with E-state index >= 15 is 0 Å². The Morgan fingerprint density at radius 1 is 1.07 bits per heavy atom. The Morgan fingerprint density at radius 3 is 2.34 bits per heavy atom. The van der Waals surface area contributed by atoms with Crippen LogP contribution >= 0.6 is 0 Å². The number of hydrogen-bond donors (Lipinski definition) is 2. The van der Waals surface area contributed by atoms with Crippen LogP contribution in [0.1, 0.15) is 71.6 Å². The average Bonchev–Trinajstić information content (AvgIpc) is 3.38. The number of hydrogen-bond acceptors (Lipinski definition) is 8. The van der Waals surface area contributed by atoms with E-state index in [1.54, 1.807) is 12.1 Å². The van der Waals surface area contributed by atoms with E-state index in [-0.39, 0.29) is 48.1 Å². The molecular weight excluding hydrogens is 584 g/mol. The predicted octanol–water partition coefficient (Wildman–Crippen LogP) is 4.56. The molecule has 2 N–H and O–H groups in total. The number of carbonyl (C=O) groups is 1. The number of aliphatic hydroxyl groups excluding tert-OH is 1. The second-order valence-corrected chi connectivity index (χ2v) is 16.6. The predicted molar refractivity (Wildman–Crippen MR) is 163 cm³/mol. The minimum atomic E-state index is -3.92. The Bertz CT molecular complexity index is 1220. The van der Waals surface area contributed by atoms with Gasteiger partial charge in [-0.2, -0.15) is 4.31 Å². The first kappa shape index (κ1) is 32.0. The minimum Gasteiger partial charge on any atom is -0.497 e. The first-order valence-electron chi connectivity index (χ1n) is 16.6. The topological polar surface area (TPSA) is 124 Å². The van der Waals surface area contributed by atoms with Crippen molar-refractivity contribution in [3.63, 3.8) is 0 Å². The lowest BCUT2D eigenvalue weighted by molar-refractivity contribution is -0.152. The number of rotatable bonds is 12. The summed E-state index contributed by atoms with van der Waals surface area (Å²) in [5.74, 6) is 2.71. The highest BCUT2D eigenvalue weighted by Crippen LogP contribution is 2.61. The molecule has 11 heteroatoms. The number of nitrogens with one attached hydrogen (secondary N) is 1. The van der Waals surface area contributed by atoms with Gasteiger partial charge in [-0.05, 0) is 111 Å². The van der Waals surface area contributed by atoms with Crippen LogP contribution < -0.4 is 10.1 Å². The second kappa shape index (κ2) is 13.1. The fourth-order valence-electron chi connectivity index (χ4n) is 9.27. The maximum absolute atomic E-state index is 13.9. The van der Waals surface area contributed by atoms with Crippen LogP contribution in [0.15, 0.2) is 29.2 Å². The summed E-state index contributed by atoms with van der Waals surface area (Å²) in [6.07, 6.45) is 7.10. The van der Waals surface area contributed by atoms with Gasteiger partial charge in [0, 0.05) is 25.6 Å². The second-order valence-electron chi connectivity index (χ2n) is 14.7. The third kappa shape index (κ3) is 6.92. The number of ether oxygens (including phenoxy) is 4. The smallest absolute Gasteiger partial charge is 0.407 e. The molecule has 0 radical (unpaired) electrons. The van der Waals surface area contributed by atoms with Gasteiger partial charge in [0.05, 0.1) is 30.8 Å². The standard InChI is InChI=1S/C33H50N2O8S/c1-21(2)18-35(44(38,39)26-8-6-25(40-3)7-9-26)19-29(36)28(17-33-14-22-11-23(15-33)13-24(12-22)16-33)34-32(37)43-30-20-42-31-27(30)5-4-10-41-31/h6-9,21-24,27-31,36H,4-5,10-20H2,1-3H3,(H,34,37)/t22?,23?,24?,27-,28+,29-,30-,31+,33?/m1/s1. The molecule has 6 aliphatic rings. The fraction of sp³-hybridized carbons (Fsp3) is 0.788. The Balaban J connectivity index is 1.21. The molecule has 0 spiro atoms. The molecule has 0 aromatic heterocycles. The van der Waals surface area contributed by atoms with Crippen LogP contribution in [0.4, 0.5) is 4.79 Å². The van der Waals surface area contributed by atoms with Crippen LogP contribution in [0.3, 0.4) is 0 Å². The van der Waals surface area contributed by atoms with Gasteiger partial charge in [-0.25, -0.2) is 13.2 Å². The molecule has 6 fully saturated rings. The number of nitrogens with zero attached hydrogens (tertiary/aromatic N) is 1. The molecule has 4 aliphatic carbocycles. The van der Waals surface area contributed by atoms with E-state index in [9.17, 15) is 18.3 Å². The summed E-state index contributed by atoms with van der Waals surface area (Å²) < 4.78 is 51.6. The number of alkyl carbamates (subject to hydrolysis) is 1. The number of carbonyl (C=O) groups excluding carboxylic acids is 1. The molecule has 7 rings (SSSR count). The highest BCUT2D eigenvalue weighted by atomic mass is 32.2. The highest BCUT2D eigenvalue weighted by Gasteiger charge is 2.52. The zero-order valence-electron chi connectivity index (χ0n) is 26.4. The van der Waals surface area contributed by atoms with Crippen LogP contribution in [0.2, 0.25) is 0 Å². The number of aliphatic hydroxyl groups is 1. The summed E-state index contributed by atoms with van der Waals surface area (Å²) >= 11 is 0. The third-order valence-electron chi connectivity index (χ3n) is 10.7. The van der Waals surface area contributed by atoms with Crippen molar-refractivity contribution >= 4 is 16.1 Å². The zero-order valence-corrected chi connectivity index (χ0v) is 27.2. The van der Waals surface area contributed by atoms with Crippen LogP contribution in [-0.4, -0.2) is 81.9 Å². The molecule has 44 heavy (non-hydrogen) atoms. The Morgan fingerprint density at radius 2 is 1.73 bits per heavy atom. The van der Waals surface area contributed by atoms with Gasteiger partial charge >= 0.3 is 6.09 Å². The monoisotopic (exact) mass is 634 g/mol. The maximum Gasteiger partial charge on any atom is 0.407 e. The fourth-order valence-corrected chi connectivity index (χ4v) is 10.9. The maximum atomic E-state index is 13.9.